The van der Waals surface area contributed by atoms with E-state index < -0.39 is 5.97 Å². The van der Waals surface area contributed by atoms with Gasteiger partial charge < -0.3 is 19.3 Å². The van der Waals surface area contributed by atoms with Crippen LogP contribution in [0.15, 0.2) is 77.3 Å². The number of methoxy groups -OCH3 is 2. The van der Waals surface area contributed by atoms with Crippen LogP contribution in [-0.2, 0) is 6.61 Å². The van der Waals surface area contributed by atoms with Crippen LogP contribution in [-0.4, -0.2) is 25.3 Å². The number of carboxylic acid groups (broad SMARTS) is 1. The molecule has 0 bridgehead atoms. The first-order chi connectivity index (χ1) is 15.5. The largest absolute Gasteiger partial charge is 0.493 e. The predicted molar refractivity (Wildman–Crippen MR) is 128 cm³/mol. The van der Waals surface area contributed by atoms with Crippen molar-refractivity contribution >= 4 is 32.7 Å². The van der Waals surface area contributed by atoms with Gasteiger partial charge in [-0.3, -0.25) is 0 Å². The Morgan fingerprint density at radius 3 is 2.06 bits per heavy atom. The quantitative estimate of drug-likeness (QED) is 0.316. The minimum atomic E-state index is -1.04. The Balaban J connectivity index is 1.98. The molecule has 0 unspecified atom stereocenters. The van der Waals surface area contributed by atoms with E-state index in [1.807, 2.05) is 60.7 Å². The van der Waals surface area contributed by atoms with E-state index in [2.05, 4.69) is 15.9 Å². The minimum Gasteiger partial charge on any atom is -0.493 e. The van der Waals surface area contributed by atoms with Gasteiger partial charge in [0.15, 0.2) is 11.5 Å². The normalized spacial score (nSPS) is 10.7. The maximum atomic E-state index is 12.3. The number of aromatic carboxylic acids is 1. The number of benzene rings is 4. The summed E-state index contributed by atoms with van der Waals surface area (Å²) in [6, 6.07) is 22.5. The summed E-state index contributed by atoms with van der Waals surface area (Å²) in [5.41, 5.74) is 2.50. The highest BCUT2D eigenvalue weighted by atomic mass is 79.9. The molecule has 0 aliphatic rings. The molecule has 0 aliphatic heterocycles. The Hall–Kier alpha value is -3.51. The summed E-state index contributed by atoms with van der Waals surface area (Å²) in [5.74, 6) is 0.469. The summed E-state index contributed by atoms with van der Waals surface area (Å²) in [5, 5.41) is 11.5. The molecule has 6 heteroatoms. The molecule has 0 atom stereocenters. The molecule has 5 nitrogen and oxygen atoms in total. The highest BCUT2D eigenvalue weighted by molar-refractivity contribution is 9.10. The van der Waals surface area contributed by atoms with Gasteiger partial charge in [-0.15, -0.1) is 0 Å². The third-order valence-electron chi connectivity index (χ3n) is 5.20. The van der Waals surface area contributed by atoms with Crippen molar-refractivity contribution in [2.45, 2.75) is 6.61 Å². The molecule has 4 rings (SSSR count). The number of hydrogen-bond acceptors (Lipinski definition) is 4. The van der Waals surface area contributed by atoms with E-state index in [1.54, 1.807) is 26.4 Å². The van der Waals surface area contributed by atoms with Crippen molar-refractivity contribution in [3.8, 4) is 28.4 Å². The van der Waals surface area contributed by atoms with Crippen molar-refractivity contribution in [1.29, 1.82) is 0 Å². The second-order valence-corrected chi connectivity index (χ2v) is 8.05. The van der Waals surface area contributed by atoms with E-state index in [-0.39, 0.29) is 5.56 Å². The second kappa shape index (κ2) is 9.32. The summed E-state index contributed by atoms with van der Waals surface area (Å²) in [7, 11) is 3.12. The maximum Gasteiger partial charge on any atom is 0.336 e. The van der Waals surface area contributed by atoms with Crippen LogP contribution in [0.2, 0.25) is 0 Å². The Bertz CT molecular complexity index is 1270. The number of rotatable bonds is 7. The van der Waals surface area contributed by atoms with Gasteiger partial charge in [0.05, 0.1) is 19.8 Å². The van der Waals surface area contributed by atoms with E-state index in [4.69, 9.17) is 14.2 Å². The molecule has 1 N–H and O–H groups in total. The molecular formula is C26H21BrO5. The summed E-state index contributed by atoms with van der Waals surface area (Å²) in [4.78, 5) is 12.3. The SMILES string of the molecule is COc1cc2c(OCc3ccccc3)cc(C(=O)O)c(-c3ccc(Br)cc3)c2cc1OC. The summed E-state index contributed by atoms with van der Waals surface area (Å²) in [6.07, 6.45) is 0. The van der Waals surface area contributed by atoms with Crippen LogP contribution in [0.3, 0.4) is 0 Å². The zero-order valence-corrected chi connectivity index (χ0v) is 19.2. The Kier molecular flexibility index (Phi) is 6.32. The number of fused-ring (bicyclic) bond motifs is 1. The van der Waals surface area contributed by atoms with Gasteiger partial charge in [0.1, 0.15) is 12.4 Å². The Morgan fingerprint density at radius 1 is 0.844 bits per heavy atom. The van der Waals surface area contributed by atoms with Crippen LogP contribution in [0.25, 0.3) is 21.9 Å². The monoisotopic (exact) mass is 492 g/mol. The lowest BCUT2D eigenvalue weighted by molar-refractivity contribution is 0.0697. The fourth-order valence-corrected chi connectivity index (χ4v) is 3.93. The van der Waals surface area contributed by atoms with Gasteiger partial charge in [0, 0.05) is 15.4 Å². The number of ether oxygens (including phenoxy) is 3. The number of hydrogen-bond donors (Lipinski definition) is 1. The van der Waals surface area contributed by atoms with Crippen LogP contribution < -0.4 is 14.2 Å². The highest BCUT2D eigenvalue weighted by Gasteiger charge is 2.21. The van der Waals surface area contributed by atoms with Crippen LogP contribution in [0.4, 0.5) is 0 Å². The van der Waals surface area contributed by atoms with Crippen LogP contribution >= 0.6 is 15.9 Å². The van der Waals surface area contributed by atoms with Crippen molar-refractivity contribution in [2.24, 2.45) is 0 Å². The van der Waals surface area contributed by atoms with Crippen molar-refractivity contribution in [3.63, 3.8) is 0 Å². The molecule has 4 aromatic rings. The average Bonchev–Trinajstić information content (AvgIpc) is 2.82. The zero-order valence-electron chi connectivity index (χ0n) is 17.6. The average molecular weight is 493 g/mol. The molecular weight excluding hydrogens is 472 g/mol. The van der Waals surface area contributed by atoms with Gasteiger partial charge in [-0.1, -0.05) is 58.4 Å². The molecule has 4 aromatic carbocycles. The van der Waals surface area contributed by atoms with Crippen LogP contribution in [0.1, 0.15) is 15.9 Å². The van der Waals surface area contributed by atoms with Crippen molar-refractivity contribution in [2.75, 3.05) is 14.2 Å². The van der Waals surface area contributed by atoms with E-state index in [9.17, 15) is 9.90 Å². The molecule has 32 heavy (non-hydrogen) atoms. The second-order valence-electron chi connectivity index (χ2n) is 7.14. The van der Waals surface area contributed by atoms with Crippen LogP contribution in [0.5, 0.6) is 17.2 Å². The third-order valence-corrected chi connectivity index (χ3v) is 5.73. The molecule has 0 fully saturated rings. The summed E-state index contributed by atoms with van der Waals surface area (Å²) in [6.45, 7) is 0.307. The van der Waals surface area contributed by atoms with Gasteiger partial charge in [0.2, 0.25) is 0 Å². The number of halogens is 1. The minimum absolute atomic E-state index is 0.148. The van der Waals surface area contributed by atoms with Crippen molar-refractivity contribution < 1.29 is 24.1 Å². The molecule has 0 spiro atoms. The zero-order chi connectivity index (χ0) is 22.7. The Labute approximate surface area is 194 Å². The lowest BCUT2D eigenvalue weighted by Gasteiger charge is -2.18. The lowest BCUT2D eigenvalue weighted by Crippen LogP contribution is -2.04. The van der Waals surface area contributed by atoms with E-state index >= 15 is 0 Å². The topological polar surface area (TPSA) is 65.0 Å². The number of carboxylic acids is 1. The van der Waals surface area contributed by atoms with Gasteiger partial charge in [0.25, 0.3) is 0 Å². The molecule has 0 aromatic heterocycles. The highest BCUT2D eigenvalue weighted by Crippen LogP contribution is 2.43. The standard InChI is InChI=1S/C26H21BrO5/c1-30-23-12-19-20(13-24(23)31-2)25(17-8-10-18(27)11-9-17)21(26(28)29)14-22(19)32-15-16-6-4-3-5-7-16/h3-14H,15H2,1-2H3,(H,28,29). The van der Waals surface area contributed by atoms with Gasteiger partial charge in [-0.05, 0) is 46.8 Å². The van der Waals surface area contributed by atoms with Crippen LogP contribution in [0, 0.1) is 0 Å². The van der Waals surface area contributed by atoms with E-state index in [1.165, 1.54) is 0 Å². The summed E-state index contributed by atoms with van der Waals surface area (Å²) < 4.78 is 18.0. The van der Waals surface area contributed by atoms with E-state index in [0.29, 0.717) is 34.8 Å². The maximum absolute atomic E-state index is 12.3. The Morgan fingerprint density at radius 2 is 1.47 bits per heavy atom. The summed E-state index contributed by atoms with van der Waals surface area (Å²) >= 11 is 3.44. The molecule has 0 heterocycles. The molecule has 0 radical (unpaired) electrons. The third kappa shape index (κ3) is 4.27. The molecule has 0 saturated carbocycles. The first-order valence-corrected chi connectivity index (χ1v) is 10.7. The molecule has 162 valence electrons. The molecule has 0 aliphatic carbocycles. The smallest absolute Gasteiger partial charge is 0.336 e. The fraction of sp³-hybridized carbons (Fsp3) is 0.115. The van der Waals surface area contributed by atoms with Gasteiger partial charge >= 0.3 is 5.97 Å². The van der Waals surface area contributed by atoms with Gasteiger partial charge in [-0.2, -0.15) is 0 Å². The first kappa shape index (κ1) is 21.7. The van der Waals surface area contributed by atoms with Crippen molar-refractivity contribution in [1.82, 2.24) is 0 Å². The predicted octanol–water partition coefficient (Wildman–Crippen LogP) is 6.56. The first-order valence-electron chi connectivity index (χ1n) is 9.90. The lowest BCUT2D eigenvalue weighted by atomic mass is 9.92. The molecule has 0 amide bonds. The van der Waals surface area contributed by atoms with Gasteiger partial charge in [-0.25, -0.2) is 4.79 Å². The fourth-order valence-electron chi connectivity index (χ4n) is 3.67. The molecule has 0 saturated heterocycles. The number of carbonyl (C=O) groups is 1. The van der Waals surface area contributed by atoms with Crippen molar-refractivity contribution in [3.05, 3.63) is 88.4 Å². The van der Waals surface area contributed by atoms with E-state index in [0.717, 1.165) is 21.0 Å².